The van der Waals surface area contributed by atoms with Gasteiger partial charge in [-0.05, 0) is 29.6 Å². The molecular weight excluding hydrogens is 283 g/mol. The minimum atomic E-state index is -4.41. The van der Waals surface area contributed by atoms with Crippen LogP contribution in [0.1, 0.15) is 10.4 Å². The van der Waals surface area contributed by atoms with Gasteiger partial charge in [-0.15, -0.1) is 11.3 Å². The molecule has 0 unspecified atom stereocenters. The van der Waals surface area contributed by atoms with Crippen molar-refractivity contribution in [2.75, 3.05) is 5.32 Å². The molecule has 1 N–H and O–H groups in total. The van der Waals surface area contributed by atoms with E-state index in [0.717, 1.165) is 10.9 Å². The van der Waals surface area contributed by atoms with E-state index in [2.05, 4.69) is 5.32 Å². The van der Waals surface area contributed by atoms with E-state index in [1.54, 1.807) is 0 Å². The van der Waals surface area contributed by atoms with Gasteiger partial charge in [0.25, 0.3) is 0 Å². The first-order valence-corrected chi connectivity index (χ1v) is 6.35. The van der Waals surface area contributed by atoms with E-state index in [1.165, 1.54) is 23.5 Å². The van der Waals surface area contributed by atoms with Gasteiger partial charge in [-0.2, -0.15) is 13.2 Å². The lowest BCUT2D eigenvalue weighted by atomic mass is 10.1. The van der Waals surface area contributed by atoms with E-state index in [4.69, 9.17) is 11.6 Å². The summed E-state index contributed by atoms with van der Waals surface area (Å²) in [6, 6.07) is 7.43. The molecule has 0 aliphatic heterocycles. The molecule has 1 nitrogen and oxygen atoms in total. The van der Waals surface area contributed by atoms with Crippen molar-refractivity contribution >= 4 is 28.6 Å². The summed E-state index contributed by atoms with van der Waals surface area (Å²) < 4.78 is 38.4. The maximum Gasteiger partial charge on any atom is 0.418 e. The molecule has 6 heteroatoms. The van der Waals surface area contributed by atoms with Crippen molar-refractivity contribution in [2.45, 2.75) is 12.7 Å². The normalized spacial score (nSPS) is 11.6. The van der Waals surface area contributed by atoms with Crippen LogP contribution in [-0.4, -0.2) is 0 Å². The molecule has 1 aromatic heterocycles. The van der Waals surface area contributed by atoms with Gasteiger partial charge >= 0.3 is 6.18 Å². The van der Waals surface area contributed by atoms with Crippen LogP contribution in [0.2, 0.25) is 5.02 Å². The van der Waals surface area contributed by atoms with Crippen molar-refractivity contribution in [3.63, 3.8) is 0 Å². The second-order valence-electron chi connectivity index (χ2n) is 3.62. The van der Waals surface area contributed by atoms with Gasteiger partial charge in [0.05, 0.1) is 5.56 Å². The highest BCUT2D eigenvalue weighted by molar-refractivity contribution is 7.09. The van der Waals surface area contributed by atoms with Gasteiger partial charge < -0.3 is 5.32 Å². The summed E-state index contributed by atoms with van der Waals surface area (Å²) in [5, 5.41) is 4.73. The van der Waals surface area contributed by atoms with Crippen molar-refractivity contribution in [3.05, 3.63) is 51.2 Å². The second kappa shape index (κ2) is 5.20. The Morgan fingerprint density at radius 1 is 1.22 bits per heavy atom. The number of anilines is 1. The first-order valence-electron chi connectivity index (χ1n) is 5.10. The summed E-state index contributed by atoms with van der Waals surface area (Å²) in [5.74, 6) is 0. The molecule has 0 bridgehead atoms. The fourth-order valence-corrected chi connectivity index (χ4v) is 2.32. The van der Waals surface area contributed by atoms with E-state index >= 15 is 0 Å². The molecule has 2 rings (SSSR count). The zero-order chi connectivity index (χ0) is 13.2. The first-order chi connectivity index (χ1) is 8.47. The van der Waals surface area contributed by atoms with Gasteiger partial charge in [0.2, 0.25) is 0 Å². The Kier molecular flexibility index (Phi) is 3.82. The molecule has 0 fully saturated rings. The summed E-state index contributed by atoms with van der Waals surface area (Å²) in [6.45, 7) is 0.363. The predicted molar refractivity (Wildman–Crippen MR) is 68.1 cm³/mol. The van der Waals surface area contributed by atoms with Crippen molar-refractivity contribution in [1.82, 2.24) is 0 Å². The largest absolute Gasteiger partial charge is 0.418 e. The van der Waals surface area contributed by atoms with E-state index in [-0.39, 0.29) is 10.7 Å². The lowest BCUT2D eigenvalue weighted by molar-refractivity contribution is -0.136. The highest BCUT2D eigenvalue weighted by Gasteiger charge is 2.33. The molecule has 96 valence electrons. The maximum atomic E-state index is 12.8. The number of alkyl halides is 3. The van der Waals surface area contributed by atoms with Crippen LogP contribution in [0.4, 0.5) is 18.9 Å². The number of benzene rings is 1. The van der Waals surface area contributed by atoms with Gasteiger partial charge in [-0.3, -0.25) is 0 Å². The minimum absolute atomic E-state index is 0.0419. The van der Waals surface area contributed by atoms with Crippen LogP contribution in [0.3, 0.4) is 0 Å². The number of thiophene rings is 1. The van der Waals surface area contributed by atoms with Crippen LogP contribution < -0.4 is 5.32 Å². The van der Waals surface area contributed by atoms with Crippen molar-refractivity contribution in [2.24, 2.45) is 0 Å². The van der Waals surface area contributed by atoms with Gasteiger partial charge in [-0.25, -0.2) is 0 Å². The fourth-order valence-electron chi connectivity index (χ4n) is 1.50. The SMILES string of the molecule is FC(F)(F)c1cc(Cl)ccc1NCc1cccs1. The van der Waals surface area contributed by atoms with Crippen LogP contribution >= 0.6 is 22.9 Å². The standard InChI is InChI=1S/C12H9ClF3NS/c13-8-3-4-11(10(6-8)12(14,15)16)17-7-9-2-1-5-18-9/h1-6,17H,7H2. The molecule has 0 atom stereocenters. The van der Waals surface area contributed by atoms with Gasteiger partial charge in [0.15, 0.2) is 0 Å². The molecule has 0 aliphatic carbocycles. The van der Waals surface area contributed by atoms with Gasteiger partial charge in [0, 0.05) is 22.1 Å². The third-order valence-corrected chi connectivity index (χ3v) is 3.43. The average molecular weight is 292 g/mol. The number of hydrogen-bond donors (Lipinski definition) is 1. The number of nitrogens with one attached hydrogen (secondary N) is 1. The molecule has 0 amide bonds. The zero-order valence-electron chi connectivity index (χ0n) is 9.09. The fraction of sp³-hybridized carbons (Fsp3) is 0.167. The van der Waals surface area contributed by atoms with Crippen molar-refractivity contribution in [3.8, 4) is 0 Å². The maximum absolute atomic E-state index is 12.8. The Bertz CT molecular complexity index is 523. The summed E-state index contributed by atoms with van der Waals surface area (Å²) in [5.41, 5.74) is -0.702. The molecule has 1 heterocycles. The summed E-state index contributed by atoms with van der Waals surface area (Å²) in [6.07, 6.45) is -4.41. The molecule has 0 saturated heterocycles. The number of rotatable bonds is 3. The first kappa shape index (κ1) is 13.2. The molecule has 2 aromatic rings. The predicted octanol–water partition coefficient (Wildman–Crippen LogP) is 5.03. The second-order valence-corrected chi connectivity index (χ2v) is 5.09. The van der Waals surface area contributed by atoms with Crippen LogP contribution in [0.25, 0.3) is 0 Å². The minimum Gasteiger partial charge on any atom is -0.380 e. The summed E-state index contributed by atoms with van der Waals surface area (Å²) in [4.78, 5) is 0.970. The molecule has 0 radical (unpaired) electrons. The smallest absolute Gasteiger partial charge is 0.380 e. The van der Waals surface area contributed by atoms with Crippen molar-refractivity contribution in [1.29, 1.82) is 0 Å². The topological polar surface area (TPSA) is 12.0 Å². The third kappa shape index (κ3) is 3.17. The Morgan fingerprint density at radius 3 is 2.61 bits per heavy atom. The molecule has 1 aromatic carbocycles. The van der Waals surface area contributed by atoms with Crippen LogP contribution in [0, 0.1) is 0 Å². The summed E-state index contributed by atoms with van der Waals surface area (Å²) >= 11 is 7.09. The van der Waals surface area contributed by atoms with Crippen LogP contribution in [-0.2, 0) is 12.7 Å². The molecule has 0 spiro atoms. The average Bonchev–Trinajstić information content (AvgIpc) is 2.79. The monoisotopic (exact) mass is 291 g/mol. The van der Waals surface area contributed by atoms with Crippen molar-refractivity contribution < 1.29 is 13.2 Å². The Balaban J connectivity index is 2.22. The van der Waals surface area contributed by atoms with Crippen LogP contribution in [0.5, 0.6) is 0 Å². The Morgan fingerprint density at radius 2 is 2.00 bits per heavy atom. The van der Waals surface area contributed by atoms with E-state index in [1.807, 2.05) is 17.5 Å². The Hall–Kier alpha value is -1.20. The summed E-state index contributed by atoms with van der Waals surface area (Å²) in [7, 11) is 0. The number of hydrogen-bond acceptors (Lipinski definition) is 2. The van der Waals surface area contributed by atoms with Gasteiger partial charge in [0.1, 0.15) is 0 Å². The molecule has 0 saturated carbocycles. The zero-order valence-corrected chi connectivity index (χ0v) is 10.7. The van der Waals surface area contributed by atoms with Crippen LogP contribution in [0.15, 0.2) is 35.7 Å². The third-order valence-electron chi connectivity index (χ3n) is 2.32. The van der Waals surface area contributed by atoms with E-state index in [9.17, 15) is 13.2 Å². The number of halogens is 4. The molecule has 18 heavy (non-hydrogen) atoms. The highest BCUT2D eigenvalue weighted by Crippen LogP contribution is 2.36. The lowest BCUT2D eigenvalue weighted by Gasteiger charge is -2.14. The van der Waals surface area contributed by atoms with E-state index < -0.39 is 11.7 Å². The molecule has 0 aliphatic rings. The quantitative estimate of drug-likeness (QED) is 0.836. The Labute approximate surface area is 111 Å². The highest BCUT2D eigenvalue weighted by atomic mass is 35.5. The van der Waals surface area contributed by atoms with E-state index in [0.29, 0.717) is 6.54 Å². The lowest BCUT2D eigenvalue weighted by Crippen LogP contribution is -2.10. The molecular formula is C12H9ClF3NS. The van der Waals surface area contributed by atoms with Gasteiger partial charge in [-0.1, -0.05) is 17.7 Å².